The van der Waals surface area contributed by atoms with Crippen molar-refractivity contribution in [1.82, 2.24) is 9.36 Å². The molecule has 2 rings (SSSR count). The van der Waals surface area contributed by atoms with Crippen LogP contribution in [0.3, 0.4) is 0 Å². The Morgan fingerprint density at radius 3 is 2.74 bits per heavy atom. The molecule has 0 saturated heterocycles. The van der Waals surface area contributed by atoms with Crippen LogP contribution >= 0.6 is 11.5 Å². The first-order valence-electron chi connectivity index (χ1n) is 6.05. The average Bonchev–Trinajstić information content (AvgIpc) is 2.87. The highest BCUT2D eigenvalue weighted by Crippen LogP contribution is 2.14. The lowest BCUT2D eigenvalue weighted by Gasteiger charge is -2.13. The summed E-state index contributed by atoms with van der Waals surface area (Å²) in [6, 6.07) is 8.83. The van der Waals surface area contributed by atoms with Gasteiger partial charge in [0.05, 0.1) is 0 Å². The van der Waals surface area contributed by atoms with Gasteiger partial charge in [0.1, 0.15) is 11.9 Å². The Kier molecular flexibility index (Phi) is 4.46. The Morgan fingerprint density at radius 1 is 1.42 bits per heavy atom. The van der Waals surface area contributed by atoms with Gasteiger partial charge in [-0.2, -0.15) is 4.37 Å². The van der Waals surface area contributed by atoms with Crippen LogP contribution in [0.25, 0.3) is 0 Å². The number of carboxylic acid groups (broad SMARTS) is 1. The van der Waals surface area contributed by atoms with Gasteiger partial charge in [0.25, 0.3) is 0 Å². The second kappa shape index (κ2) is 6.29. The van der Waals surface area contributed by atoms with Gasteiger partial charge in [0, 0.05) is 24.4 Å². The van der Waals surface area contributed by atoms with Crippen molar-refractivity contribution >= 4 is 22.6 Å². The molecule has 5 nitrogen and oxygen atoms in total. The molecule has 19 heavy (non-hydrogen) atoms. The number of carbonyl (C=O) groups is 1. The molecule has 2 aromatic rings. The molecule has 6 heteroatoms. The summed E-state index contributed by atoms with van der Waals surface area (Å²) >= 11 is 1.19. The van der Waals surface area contributed by atoms with Crippen molar-refractivity contribution < 1.29 is 9.90 Å². The minimum Gasteiger partial charge on any atom is -0.480 e. The molecular formula is C13H15N3O2S. The fourth-order valence-corrected chi connectivity index (χ4v) is 2.36. The highest BCUT2D eigenvalue weighted by Gasteiger charge is 2.19. The zero-order valence-corrected chi connectivity index (χ0v) is 11.4. The minimum atomic E-state index is -0.892. The number of hydrogen-bond acceptors (Lipinski definition) is 5. The minimum absolute atomic E-state index is 0.414. The molecule has 1 aromatic carbocycles. The molecule has 1 aromatic heterocycles. The largest absolute Gasteiger partial charge is 0.480 e. The molecular weight excluding hydrogens is 262 g/mol. The maximum absolute atomic E-state index is 11.3. The summed E-state index contributed by atoms with van der Waals surface area (Å²) in [5, 5.41) is 12.7. The van der Waals surface area contributed by atoms with E-state index >= 15 is 0 Å². The number of carboxylic acids is 1. The van der Waals surface area contributed by atoms with Gasteiger partial charge in [-0.15, -0.1) is 0 Å². The SMILES string of the molecule is CCc1nsc(N[C@H](Cc2ccccc2)C(=O)O)n1. The van der Waals surface area contributed by atoms with Gasteiger partial charge < -0.3 is 10.4 Å². The van der Waals surface area contributed by atoms with Gasteiger partial charge in [-0.05, 0) is 5.56 Å². The third kappa shape index (κ3) is 3.75. The van der Waals surface area contributed by atoms with E-state index in [1.807, 2.05) is 37.3 Å². The molecule has 0 aliphatic rings. The number of aliphatic carboxylic acids is 1. The van der Waals surface area contributed by atoms with E-state index in [4.69, 9.17) is 0 Å². The van der Waals surface area contributed by atoms with Crippen LogP contribution in [0.15, 0.2) is 30.3 Å². The first-order chi connectivity index (χ1) is 9.19. The predicted molar refractivity (Wildman–Crippen MR) is 74.5 cm³/mol. The van der Waals surface area contributed by atoms with Crippen LogP contribution in [0.1, 0.15) is 18.3 Å². The van der Waals surface area contributed by atoms with Crippen LogP contribution in [-0.2, 0) is 17.6 Å². The van der Waals surface area contributed by atoms with Gasteiger partial charge in [-0.1, -0.05) is 37.3 Å². The summed E-state index contributed by atoms with van der Waals surface area (Å²) in [5.41, 5.74) is 0.975. The summed E-state index contributed by atoms with van der Waals surface area (Å²) in [7, 11) is 0. The van der Waals surface area contributed by atoms with E-state index < -0.39 is 12.0 Å². The number of nitrogens with zero attached hydrogens (tertiary/aromatic N) is 2. The molecule has 0 bridgehead atoms. The zero-order valence-electron chi connectivity index (χ0n) is 10.5. The van der Waals surface area contributed by atoms with E-state index in [0.29, 0.717) is 11.6 Å². The molecule has 0 saturated carbocycles. The summed E-state index contributed by atoms with van der Waals surface area (Å²) in [6.45, 7) is 1.96. The Hall–Kier alpha value is -1.95. The number of hydrogen-bond donors (Lipinski definition) is 2. The standard InChI is InChI=1S/C13H15N3O2S/c1-2-11-15-13(19-16-11)14-10(12(17)18)8-9-6-4-3-5-7-9/h3-7,10H,2,8H2,1H3,(H,17,18)(H,14,15,16)/t10-/m1/s1. The summed E-state index contributed by atoms with van der Waals surface area (Å²) in [5.74, 6) is -0.159. The number of anilines is 1. The fraction of sp³-hybridized carbons (Fsp3) is 0.308. The van der Waals surface area contributed by atoms with Crippen molar-refractivity contribution in [3.8, 4) is 0 Å². The summed E-state index contributed by atoms with van der Waals surface area (Å²) in [4.78, 5) is 15.5. The van der Waals surface area contributed by atoms with E-state index in [-0.39, 0.29) is 0 Å². The van der Waals surface area contributed by atoms with Crippen molar-refractivity contribution in [2.45, 2.75) is 25.8 Å². The number of nitrogens with one attached hydrogen (secondary N) is 1. The maximum atomic E-state index is 11.3. The Balaban J connectivity index is 2.06. The normalized spacial score (nSPS) is 12.1. The molecule has 1 heterocycles. The molecule has 0 radical (unpaired) electrons. The second-order valence-corrected chi connectivity index (χ2v) is 4.85. The molecule has 0 aliphatic carbocycles. The van der Waals surface area contributed by atoms with Gasteiger partial charge in [-0.25, -0.2) is 9.78 Å². The van der Waals surface area contributed by atoms with Gasteiger partial charge in [-0.3, -0.25) is 0 Å². The molecule has 100 valence electrons. The average molecular weight is 277 g/mol. The van der Waals surface area contributed by atoms with E-state index in [2.05, 4.69) is 14.7 Å². The fourth-order valence-electron chi connectivity index (χ4n) is 1.66. The third-order valence-corrected chi connectivity index (χ3v) is 3.35. The molecule has 0 aliphatic heterocycles. The van der Waals surface area contributed by atoms with Crippen LogP contribution in [0, 0.1) is 0 Å². The zero-order chi connectivity index (χ0) is 13.7. The van der Waals surface area contributed by atoms with E-state index in [1.165, 1.54) is 11.5 Å². The molecule has 0 fully saturated rings. The topological polar surface area (TPSA) is 75.1 Å². The van der Waals surface area contributed by atoms with Crippen molar-refractivity contribution in [3.63, 3.8) is 0 Å². The van der Waals surface area contributed by atoms with Crippen molar-refractivity contribution in [2.75, 3.05) is 5.32 Å². The quantitative estimate of drug-likeness (QED) is 0.846. The molecule has 2 N–H and O–H groups in total. The Morgan fingerprint density at radius 2 is 2.16 bits per heavy atom. The predicted octanol–water partition coefficient (Wildman–Crippen LogP) is 2.21. The van der Waals surface area contributed by atoms with Gasteiger partial charge >= 0.3 is 5.97 Å². The summed E-state index contributed by atoms with van der Waals surface area (Å²) in [6.07, 6.45) is 1.16. The van der Waals surface area contributed by atoms with Crippen molar-refractivity contribution in [1.29, 1.82) is 0 Å². The number of benzene rings is 1. The van der Waals surface area contributed by atoms with Crippen molar-refractivity contribution in [3.05, 3.63) is 41.7 Å². The Bertz CT molecular complexity index is 542. The molecule has 0 unspecified atom stereocenters. The Labute approximate surface area is 115 Å². The maximum Gasteiger partial charge on any atom is 0.326 e. The highest BCUT2D eigenvalue weighted by molar-refractivity contribution is 7.09. The van der Waals surface area contributed by atoms with Crippen LogP contribution < -0.4 is 5.32 Å². The van der Waals surface area contributed by atoms with Gasteiger partial charge in [0.15, 0.2) is 0 Å². The van der Waals surface area contributed by atoms with Crippen LogP contribution in [0.4, 0.5) is 5.13 Å². The van der Waals surface area contributed by atoms with Crippen molar-refractivity contribution in [2.24, 2.45) is 0 Å². The number of aryl methyl sites for hydroxylation is 1. The lowest BCUT2D eigenvalue weighted by Crippen LogP contribution is -2.31. The first-order valence-corrected chi connectivity index (χ1v) is 6.82. The van der Waals surface area contributed by atoms with Crippen LogP contribution in [-0.4, -0.2) is 26.5 Å². The second-order valence-electron chi connectivity index (χ2n) is 4.09. The smallest absolute Gasteiger partial charge is 0.326 e. The monoisotopic (exact) mass is 277 g/mol. The first kappa shape index (κ1) is 13.5. The van der Waals surface area contributed by atoms with Crippen LogP contribution in [0.2, 0.25) is 0 Å². The lowest BCUT2D eigenvalue weighted by molar-refractivity contribution is -0.137. The van der Waals surface area contributed by atoms with Gasteiger partial charge in [0.2, 0.25) is 5.13 Å². The van der Waals surface area contributed by atoms with E-state index in [0.717, 1.165) is 17.8 Å². The highest BCUT2D eigenvalue weighted by atomic mass is 32.1. The molecule has 0 spiro atoms. The number of rotatable bonds is 6. The third-order valence-electron chi connectivity index (χ3n) is 2.66. The number of aromatic nitrogens is 2. The van der Waals surface area contributed by atoms with E-state index in [9.17, 15) is 9.90 Å². The van der Waals surface area contributed by atoms with Crippen LogP contribution in [0.5, 0.6) is 0 Å². The molecule has 1 atom stereocenters. The van der Waals surface area contributed by atoms with E-state index in [1.54, 1.807) is 0 Å². The lowest BCUT2D eigenvalue weighted by atomic mass is 10.1. The summed E-state index contributed by atoms with van der Waals surface area (Å²) < 4.78 is 4.13. The molecule has 0 amide bonds.